The first-order valence-electron chi connectivity index (χ1n) is 7.10. The van der Waals surface area contributed by atoms with E-state index in [0.717, 1.165) is 13.1 Å². The van der Waals surface area contributed by atoms with Crippen LogP contribution in [-0.4, -0.2) is 60.7 Å². The molecule has 5 nitrogen and oxygen atoms in total. The lowest BCUT2D eigenvalue weighted by Crippen LogP contribution is -2.50. The van der Waals surface area contributed by atoms with Crippen LogP contribution in [0.5, 0.6) is 0 Å². The van der Waals surface area contributed by atoms with Crippen LogP contribution in [0.25, 0.3) is 0 Å². The second-order valence-electron chi connectivity index (χ2n) is 5.44. The van der Waals surface area contributed by atoms with Crippen molar-refractivity contribution in [2.24, 2.45) is 5.16 Å². The number of nitrogens with zero attached hydrogens (tertiary/aromatic N) is 3. The van der Waals surface area contributed by atoms with Crippen molar-refractivity contribution in [3.63, 3.8) is 0 Å². The SMILES string of the molecule is CN1CCN(C(=O)[C@@H]2CC(c3ccccc3F)=NO2)CC1. The Bertz CT molecular complexity index is 568. The molecular formula is C15H18FN3O2. The van der Waals surface area contributed by atoms with E-state index in [2.05, 4.69) is 10.1 Å². The fraction of sp³-hybridized carbons (Fsp3) is 0.467. The standard InChI is InChI=1S/C15H18FN3O2/c1-18-6-8-19(9-7-18)15(20)14-10-13(17-21-14)11-4-2-3-5-12(11)16/h2-5,14H,6-10H2,1H3/t14-/m0/s1. The van der Waals surface area contributed by atoms with Gasteiger partial charge in [-0.15, -0.1) is 0 Å². The monoisotopic (exact) mass is 291 g/mol. The minimum Gasteiger partial charge on any atom is -0.382 e. The molecule has 0 radical (unpaired) electrons. The van der Waals surface area contributed by atoms with Gasteiger partial charge in [0.05, 0.1) is 5.71 Å². The summed E-state index contributed by atoms with van der Waals surface area (Å²) in [6.07, 6.45) is -0.297. The predicted molar refractivity (Wildman–Crippen MR) is 76.5 cm³/mol. The second-order valence-corrected chi connectivity index (χ2v) is 5.44. The molecular weight excluding hydrogens is 273 g/mol. The number of hydrogen-bond donors (Lipinski definition) is 0. The van der Waals surface area contributed by atoms with Crippen molar-refractivity contribution in [2.45, 2.75) is 12.5 Å². The first kappa shape index (κ1) is 14.0. The van der Waals surface area contributed by atoms with Gasteiger partial charge in [0.2, 0.25) is 6.10 Å². The van der Waals surface area contributed by atoms with Gasteiger partial charge in [0, 0.05) is 38.2 Å². The molecule has 0 aromatic heterocycles. The van der Waals surface area contributed by atoms with E-state index >= 15 is 0 Å². The molecule has 112 valence electrons. The third kappa shape index (κ3) is 2.90. The lowest BCUT2D eigenvalue weighted by molar-refractivity contribution is -0.143. The molecule has 6 heteroatoms. The van der Waals surface area contributed by atoms with Gasteiger partial charge in [-0.05, 0) is 13.1 Å². The van der Waals surface area contributed by atoms with Crippen LogP contribution >= 0.6 is 0 Å². The highest BCUT2D eigenvalue weighted by Gasteiger charge is 2.34. The van der Waals surface area contributed by atoms with Crippen molar-refractivity contribution in [3.8, 4) is 0 Å². The van der Waals surface area contributed by atoms with E-state index in [9.17, 15) is 9.18 Å². The quantitative estimate of drug-likeness (QED) is 0.819. The Morgan fingerprint density at radius 1 is 1.29 bits per heavy atom. The fourth-order valence-electron chi connectivity index (χ4n) is 2.59. The molecule has 0 saturated carbocycles. The zero-order valence-corrected chi connectivity index (χ0v) is 12.0. The van der Waals surface area contributed by atoms with Gasteiger partial charge in [-0.2, -0.15) is 0 Å². The van der Waals surface area contributed by atoms with E-state index in [-0.39, 0.29) is 11.7 Å². The smallest absolute Gasteiger partial charge is 0.266 e. The molecule has 1 fully saturated rings. The first-order valence-corrected chi connectivity index (χ1v) is 7.10. The van der Waals surface area contributed by atoms with Gasteiger partial charge in [0.25, 0.3) is 5.91 Å². The van der Waals surface area contributed by atoms with Crippen LogP contribution in [0.1, 0.15) is 12.0 Å². The summed E-state index contributed by atoms with van der Waals surface area (Å²) >= 11 is 0. The summed E-state index contributed by atoms with van der Waals surface area (Å²) < 4.78 is 13.7. The first-order chi connectivity index (χ1) is 10.1. The maximum absolute atomic E-state index is 13.7. The number of amides is 1. The molecule has 1 atom stereocenters. The number of hydrogen-bond acceptors (Lipinski definition) is 4. The number of rotatable bonds is 2. The normalized spacial score (nSPS) is 22.9. The topological polar surface area (TPSA) is 45.1 Å². The molecule has 0 spiro atoms. The van der Waals surface area contributed by atoms with Gasteiger partial charge in [-0.3, -0.25) is 4.79 Å². The van der Waals surface area contributed by atoms with Gasteiger partial charge in [0.15, 0.2) is 0 Å². The van der Waals surface area contributed by atoms with E-state index in [4.69, 9.17) is 4.84 Å². The van der Waals surface area contributed by atoms with Crippen molar-refractivity contribution in [2.75, 3.05) is 33.2 Å². The average molecular weight is 291 g/mol. The number of oxime groups is 1. The molecule has 1 saturated heterocycles. The third-order valence-electron chi connectivity index (χ3n) is 3.94. The Morgan fingerprint density at radius 2 is 2.00 bits per heavy atom. The van der Waals surface area contributed by atoms with Crippen LogP contribution in [0.2, 0.25) is 0 Å². The number of halogens is 1. The summed E-state index contributed by atoms with van der Waals surface area (Å²) in [5.41, 5.74) is 0.909. The lowest BCUT2D eigenvalue weighted by atomic mass is 10.0. The number of benzene rings is 1. The molecule has 0 bridgehead atoms. The molecule has 2 aliphatic heterocycles. The van der Waals surface area contributed by atoms with E-state index < -0.39 is 6.10 Å². The van der Waals surface area contributed by atoms with E-state index in [1.807, 2.05) is 7.05 Å². The van der Waals surface area contributed by atoms with Crippen LogP contribution in [0.3, 0.4) is 0 Å². The van der Waals surface area contributed by atoms with E-state index in [0.29, 0.717) is 30.8 Å². The van der Waals surface area contributed by atoms with Crippen LogP contribution in [-0.2, 0) is 9.63 Å². The third-order valence-corrected chi connectivity index (χ3v) is 3.94. The van der Waals surface area contributed by atoms with E-state index in [1.54, 1.807) is 23.1 Å². The van der Waals surface area contributed by atoms with Gasteiger partial charge in [0.1, 0.15) is 5.82 Å². The number of carbonyl (C=O) groups is 1. The minimum atomic E-state index is -0.622. The van der Waals surface area contributed by atoms with Gasteiger partial charge in [-0.25, -0.2) is 4.39 Å². The summed E-state index contributed by atoms with van der Waals surface area (Å²) in [7, 11) is 2.04. The van der Waals surface area contributed by atoms with Crippen LogP contribution in [0.15, 0.2) is 29.4 Å². The molecule has 1 aromatic rings. The molecule has 2 aliphatic rings. The molecule has 0 aliphatic carbocycles. The minimum absolute atomic E-state index is 0.0572. The molecule has 2 heterocycles. The van der Waals surface area contributed by atoms with Crippen molar-refractivity contribution in [1.82, 2.24) is 9.80 Å². The average Bonchev–Trinajstić information content (AvgIpc) is 2.97. The highest BCUT2D eigenvalue weighted by atomic mass is 19.1. The highest BCUT2D eigenvalue weighted by Crippen LogP contribution is 2.20. The molecule has 3 rings (SSSR count). The van der Waals surface area contributed by atoms with Gasteiger partial charge < -0.3 is 14.6 Å². The Balaban J connectivity index is 1.64. The fourth-order valence-corrected chi connectivity index (χ4v) is 2.59. The van der Waals surface area contributed by atoms with Crippen LogP contribution < -0.4 is 0 Å². The largest absolute Gasteiger partial charge is 0.382 e. The van der Waals surface area contributed by atoms with E-state index in [1.165, 1.54) is 6.07 Å². The van der Waals surface area contributed by atoms with Crippen LogP contribution in [0, 0.1) is 5.82 Å². The Kier molecular flexibility index (Phi) is 3.88. The van der Waals surface area contributed by atoms with Crippen molar-refractivity contribution in [1.29, 1.82) is 0 Å². The number of carbonyl (C=O) groups excluding carboxylic acids is 1. The maximum Gasteiger partial charge on any atom is 0.266 e. The molecule has 1 aromatic carbocycles. The number of likely N-dealkylation sites (N-methyl/N-ethyl adjacent to an activating group) is 1. The Hall–Kier alpha value is -1.95. The zero-order chi connectivity index (χ0) is 14.8. The highest BCUT2D eigenvalue weighted by molar-refractivity contribution is 6.04. The van der Waals surface area contributed by atoms with Gasteiger partial charge in [-0.1, -0.05) is 23.4 Å². The van der Waals surface area contributed by atoms with Gasteiger partial charge >= 0.3 is 0 Å². The molecule has 0 unspecified atom stereocenters. The van der Waals surface area contributed by atoms with Crippen LogP contribution in [0.4, 0.5) is 4.39 Å². The Morgan fingerprint density at radius 3 is 2.71 bits per heavy atom. The summed E-state index contributed by atoms with van der Waals surface area (Å²) in [6.45, 7) is 3.12. The molecule has 21 heavy (non-hydrogen) atoms. The van der Waals surface area contributed by atoms with Crippen molar-refractivity contribution in [3.05, 3.63) is 35.6 Å². The summed E-state index contributed by atoms with van der Waals surface area (Å²) in [6, 6.07) is 6.41. The summed E-state index contributed by atoms with van der Waals surface area (Å²) in [4.78, 5) is 21.6. The summed E-state index contributed by atoms with van der Waals surface area (Å²) in [5.74, 6) is -0.397. The van der Waals surface area contributed by atoms with Crippen molar-refractivity contribution >= 4 is 11.6 Å². The lowest BCUT2D eigenvalue weighted by Gasteiger charge is -2.33. The molecule has 1 amide bonds. The maximum atomic E-state index is 13.7. The predicted octanol–water partition coefficient (Wildman–Crippen LogP) is 1.09. The Labute approximate surface area is 123 Å². The summed E-state index contributed by atoms with van der Waals surface area (Å²) in [5, 5.41) is 3.90. The number of piperazine rings is 1. The van der Waals surface area contributed by atoms with Crippen molar-refractivity contribution < 1.29 is 14.0 Å². The molecule has 0 N–H and O–H groups in total. The second kappa shape index (κ2) is 5.81. The zero-order valence-electron chi connectivity index (χ0n) is 12.0.